The van der Waals surface area contributed by atoms with Crippen LogP contribution in [0.2, 0.25) is 0 Å². The molecule has 0 amide bonds. The number of benzene rings is 2. The van der Waals surface area contributed by atoms with Crippen LogP contribution < -0.4 is 10.1 Å². The van der Waals surface area contributed by atoms with Crippen LogP contribution >= 0.6 is 0 Å². The van der Waals surface area contributed by atoms with Gasteiger partial charge in [-0.2, -0.15) is 13.2 Å². The van der Waals surface area contributed by atoms with Gasteiger partial charge in [0.15, 0.2) is 0 Å². The van der Waals surface area contributed by atoms with Crippen molar-refractivity contribution in [3.63, 3.8) is 0 Å². The van der Waals surface area contributed by atoms with Gasteiger partial charge in [0.2, 0.25) is 0 Å². The maximum Gasteiger partial charge on any atom is 0.420 e. The number of aliphatic carboxylic acids is 1. The van der Waals surface area contributed by atoms with Crippen LogP contribution in [-0.4, -0.2) is 23.2 Å². The first-order valence-corrected chi connectivity index (χ1v) is 12.2. The largest absolute Gasteiger partial charge is 0.490 e. The van der Waals surface area contributed by atoms with Gasteiger partial charge in [-0.05, 0) is 78.8 Å². The topological polar surface area (TPSA) is 58.6 Å². The van der Waals surface area contributed by atoms with Crippen LogP contribution in [0.25, 0.3) is 10.8 Å². The van der Waals surface area contributed by atoms with Crippen molar-refractivity contribution in [2.75, 3.05) is 0 Å². The Morgan fingerprint density at radius 1 is 1.15 bits per heavy atom. The second-order valence-corrected chi connectivity index (χ2v) is 10.8. The fraction of sp³-hybridized carbons (Fsp3) is 0.593. The number of carboxylic acids is 1. The summed E-state index contributed by atoms with van der Waals surface area (Å²) in [6, 6.07) is 8.05. The van der Waals surface area contributed by atoms with Gasteiger partial charge in [-0.15, -0.1) is 0 Å². The number of hydrogen-bond donors (Lipinski definition) is 2. The highest BCUT2D eigenvalue weighted by Gasteiger charge is 2.52. The average molecular weight is 478 g/mol. The lowest BCUT2D eigenvalue weighted by atomic mass is 9.58. The van der Waals surface area contributed by atoms with E-state index in [0.29, 0.717) is 17.7 Å². The van der Waals surface area contributed by atoms with Crippen LogP contribution in [0.5, 0.6) is 5.75 Å². The maximum atomic E-state index is 14.3. The molecule has 0 bridgehead atoms. The molecule has 0 spiro atoms. The molecule has 2 aromatic carbocycles. The summed E-state index contributed by atoms with van der Waals surface area (Å²) in [7, 11) is 0. The van der Waals surface area contributed by atoms with E-state index in [1.807, 2.05) is 26.8 Å². The standard InChI is InChI=1S/C27H34F3NO3/c1-15-5-10-19(11-6-15)34-22-12-9-17-7-8-18(13-20(17)24(22)27(28,29)30)16(2)31-23-14-21(25(32)33)26(23,3)4/h7-9,12-13,15-16,19,21,23,31H,5-6,10-11,14H2,1-4H3,(H,32,33)/t15?,16?,19?,21-,23+/m1/s1. The third-order valence-corrected chi connectivity index (χ3v) is 8.06. The van der Waals surface area contributed by atoms with Gasteiger partial charge in [0, 0.05) is 12.1 Å². The Kier molecular flexibility index (Phi) is 6.62. The molecular weight excluding hydrogens is 443 g/mol. The van der Waals surface area contributed by atoms with Crippen molar-refractivity contribution in [3.8, 4) is 5.75 Å². The predicted molar refractivity (Wildman–Crippen MR) is 126 cm³/mol. The second-order valence-electron chi connectivity index (χ2n) is 10.8. The van der Waals surface area contributed by atoms with Crippen LogP contribution in [0.3, 0.4) is 0 Å². The van der Waals surface area contributed by atoms with Gasteiger partial charge in [-0.1, -0.05) is 39.0 Å². The summed E-state index contributed by atoms with van der Waals surface area (Å²) in [4.78, 5) is 11.4. The lowest BCUT2D eigenvalue weighted by Crippen LogP contribution is -2.59. The minimum Gasteiger partial charge on any atom is -0.490 e. The molecule has 0 aromatic heterocycles. The number of nitrogens with one attached hydrogen (secondary N) is 1. The van der Waals surface area contributed by atoms with Crippen LogP contribution in [0.15, 0.2) is 30.3 Å². The third-order valence-electron chi connectivity index (χ3n) is 8.06. The summed E-state index contributed by atoms with van der Waals surface area (Å²) in [5.41, 5.74) is -0.407. The minimum atomic E-state index is -4.54. The highest BCUT2D eigenvalue weighted by atomic mass is 19.4. The van der Waals surface area contributed by atoms with Gasteiger partial charge in [-0.25, -0.2) is 0 Å². The molecule has 186 valence electrons. The summed E-state index contributed by atoms with van der Waals surface area (Å²) in [5, 5.41) is 13.5. The van der Waals surface area contributed by atoms with Crippen molar-refractivity contribution >= 4 is 16.7 Å². The number of carboxylic acid groups (broad SMARTS) is 1. The first kappa shape index (κ1) is 24.8. The van der Waals surface area contributed by atoms with E-state index in [0.717, 1.165) is 31.2 Å². The van der Waals surface area contributed by atoms with Gasteiger partial charge >= 0.3 is 12.1 Å². The number of halogens is 3. The Labute approximate surface area is 198 Å². The fourth-order valence-corrected chi connectivity index (χ4v) is 5.53. The first-order valence-electron chi connectivity index (χ1n) is 12.2. The first-order chi connectivity index (χ1) is 15.9. The second kappa shape index (κ2) is 9.06. The number of hydrogen-bond acceptors (Lipinski definition) is 3. The fourth-order valence-electron chi connectivity index (χ4n) is 5.53. The summed E-state index contributed by atoms with van der Waals surface area (Å²) < 4.78 is 48.7. The van der Waals surface area contributed by atoms with Gasteiger partial charge in [0.05, 0.1) is 12.0 Å². The Morgan fingerprint density at radius 3 is 2.38 bits per heavy atom. The number of rotatable bonds is 6. The molecule has 1 unspecified atom stereocenters. The van der Waals surface area contributed by atoms with Crippen molar-refractivity contribution in [1.29, 1.82) is 0 Å². The van der Waals surface area contributed by atoms with Crippen LogP contribution in [0, 0.1) is 17.3 Å². The lowest BCUT2D eigenvalue weighted by Gasteiger charge is -2.51. The number of fused-ring (bicyclic) bond motifs is 1. The van der Waals surface area contributed by atoms with E-state index in [2.05, 4.69) is 12.2 Å². The van der Waals surface area contributed by atoms with Crippen LogP contribution in [-0.2, 0) is 11.0 Å². The molecule has 0 radical (unpaired) electrons. The Morgan fingerprint density at radius 2 is 1.79 bits per heavy atom. The number of ether oxygens (including phenoxy) is 1. The smallest absolute Gasteiger partial charge is 0.420 e. The molecule has 4 rings (SSSR count). The van der Waals surface area contributed by atoms with Crippen molar-refractivity contribution in [2.24, 2.45) is 17.3 Å². The zero-order valence-electron chi connectivity index (χ0n) is 20.2. The minimum absolute atomic E-state index is 0.0234. The van der Waals surface area contributed by atoms with Crippen LogP contribution in [0.4, 0.5) is 13.2 Å². The normalized spacial score (nSPS) is 27.7. The van der Waals surface area contributed by atoms with E-state index >= 15 is 0 Å². The quantitative estimate of drug-likeness (QED) is 0.472. The van der Waals surface area contributed by atoms with E-state index in [9.17, 15) is 23.1 Å². The zero-order valence-corrected chi connectivity index (χ0v) is 20.2. The van der Waals surface area contributed by atoms with Crippen molar-refractivity contribution in [3.05, 3.63) is 41.5 Å². The summed E-state index contributed by atoms with van der Waals surface area (Å²) >= 11 is 0. The molecule has 0 saturated heterocycles. The maximum absolute atomic E-state index is 14.3. The molecule has 4 nitrogen and oxygen atoms in total. The number of alkyl halides is 3. The molecule has 2 N–H and O–H groups in total. The predicted octanol–water partition coefficient (Wildman–Crippen LogP) is 6.97. The summed E-state index contributed by atoms with van der Waals surface area (Å²) in [6.45, 7) is 7.90. The van der Waals surface area contributed by atoms with Crippen molar-refractivity contribution < 1.29 is 27.8 Å². The monoisotopic (exact) mass is 477 g/mol. The molecule has 2 aliphatic carbocycles. The summed E-state index contributed by atoms with van der Waals surface area (Å²) in [6.07, 6.45) is -0.761. The van der Waals surface area contributed by atoms with Gasteiger partial charge in [0.25, 0.3) is 0 Å². The van der Waals surface area contributed by atoms with Gasteiger partial charge < -0.3 is 15.2 Å². The van der Waals surface area contributed by atoms with E-state index in [1.165, 1.54) is 6.07 Å². The van der Waals surface area contributed by atoms with Crippen molar-refractivity contribution in [2.45, 2.75) is 84.2 Å². The van der Waals surface area contributed by atoms with Gasteiger partial charge in [0.1, 0.15) is 11.3 Å². The highest BCUT2D eigenvalue weighted by molar-refractivity contribution is 5.89. The molecule has 2 aliphatic rings. The summed E-state index contributed by atoms with van der Waals surface area (Å²) in [5.74, 6) is -0.743. The molecule has 2 fully saturated rings. The van der Waals surface area contributed by atoms with E-state index in [4.69, 9.17) is 4.74 Å². The highest BCUT2D eigenvalue weighted by Crippen LogP contribution is 2.47. The SMILES string of the molecule is CC1CCC(Oc2ccc3ccc(C(C)N[C@H]4C[C@H](C(=O)O)C4(C)C)cc3c2C(F)(F)F)CC1. The number of carbonyl (C=O) groups is 1. The molecule has 2 aromatic rings. The van der Waals surface area contributed by atoms with Gasteiger partial charge in [-0.3, -0.25) is 4.79 Å². The van der Waals surface area contributed by atoms with Crippen LogP contribution in [0.1, 0.15) is 77.0 Å². The molecule has 2 saturated carbocycles. The zero-order chi connectivity index (χ0) is 24.8. The Balaban J connectivity index is 1.62. The third kappa shape index (κ3) is 4.77. The lowest BCUT2D eigenvalue weighted by molar-refractivity contribution is -0.155. The van der Waals surface area contributed by atoms with E-state index in [-0.39, 0.29) is 29.3 Å². The Bertz CT molecular complexity index is 1060. The van der Waals surface area contributed by atoms with E-state index in [1.54, 1.807) is 18.2 Å². The molecule has 34 heavy (non-hydrogen) atoms. The molecule has 0 heterocycles. The average Bonchev–Trinajstić information content (AvgIpc) is 2.76. The van der Waals surface area contributed by atoms with E-state index < -0.39 is 29.0 Å². The molecule has 0 aliphatic heterocycles. The Hall–Kier alpha value is -2.28. The van der Waals surface area contributed by atoms with Crippen molar-refractivity contribution in [1.82, 2.24) is 5.32 Å². The molecular formula is C27H34F3NO3. The molecule has 3 atom stereocenters. The molecule has 7 heteroatoms.